The summed E-state index contributed by atoms with van der Waals surface area (Å²) < 4.78 is 5.26. The Morgan fingerprint density at radius 2 is 2.38 bits per heavy atom. The molecule has 1 aliphatic rings. The molecule has 1 heterocycles. The van der Waals surface area contributed by atoms with Crippen LogP contribution in [0.4, 0.5) is 0 Å². The average Bonchev–Trinajstić information content (AvgIpc) is 2.30. The van der Waals surface area contributed by atoms with Gasteiger partial charge in [-0.3, -0.25) is 9.78 Å². The van der Waals surface area contributed by atoms with Gasteiger partial charge in [0.25, 0.3) is 0 Å². The molecule has 1 aromatic heterocycles. The molecule has 16 heavy (non-hydrogen) atoms. The SMILES string of the molecule is CC(=O)OC1CC=CC=C1c1ccccn1. The average molecular weight is 215 g/mol. The highest BCUT2D eigenvalue weighted by molar-refractivity contribution is 5.73. The van der Waals surface area contributed by atoms with Gasteiger partial charge in [0.15, 0.2) is 0 Å². The monoisotopic (exact) mass is 215 g/mol. The number of hydrogen-bond donors (Lipinski definition) is 0. The summed E-state index contributed by atoms with van der Waals surface area (Å²) in [5.74, 6) is -0.262. The van der Waals surface area contributed by atoms with E-state index in [1.54, 1.807) is 6.20 Å². The van der Waals surface area contributed by atoms with Crippen molar-refractivity contribution >= 4 is 11.5 Å². The Morgan fingerprint density at radius 3 is 3.06 bits per heavy atom. The lowest BCUT2D eigenvalue weighted by Gasteiger charge is -2.20. The quantitative estimate of drug-likeness (QED) is 0.711. The molecule has 3 heteroatoms. The van der Waals surface area contributed by atoms with E-state index in [1.165, 1.54) is 6.92 Å². The van der Waals surface area contributed by atoms with Gasteiger partial charge in [0.1, 0.15) is 6.10 Å². The normalized spacial score (nSPS) is 19.1. The fraction of sp³-hybridized carbons (Fsp3) is 0.231. The van der Waals surface area contributed by atoms with E-state index in [0.717, 1.165) is 11.3 Å². The van der Waals surface area contributed by atoms with E-state index in [2.05, 4.69) is 4.98 Å². The van der Waals surface area contributed by atoms with Gasteiger partial charge in [0, 0.05) is 25.1 Å². The first kappa shape index (κ1) is 10.6. The fourth-order valence-electron chi connectivity index (χ4n) is 1.70. The predicted octanol–water partition coefficient (Wildman–Crippen LogP) is 2.36. The van der Waals surface area contributed by atoms with Crippen molar-refractivity contribution in [3.05, 3.63) is 48.3 Å². The molecule has 0 N–H and O–H groups in total. The van der Waals surface area contributed by atoms with E-state index in [9.17, 15) is 4.79 Å². The molecular weight excluding hydrogens is 202 g/mol. The van der Waals surface area contributed by atoms with Gasteiger partial charge in [-0.2, -0.15) is 0 Å². The number of carbonyl (C=O) groups is 1. The van der Waals surface area contributed by atoms with Gasteiger partial charge in [-0.1, -0.05) is 24.3 Å². The first-order valence-electron chi connectivity index (χ1n) is 5.22. The molecule has 0 saturated heterocycles. The molecule has 1 atom stereocenters. The van der Waals surface area contributed by atoms with Crippen LogP contribution in [0.1, 0.15) is 19.0 Å². The lowest BCUT2D eigenvalue weighted by atomic mass is 9.98. The molecule has 0 aromatic carbocycles. The maximum atomic E-state index is 11.0. The number of pyridine rings is 1. The lowest BCUT2D eigenvalue weighted by Crippen LogP contribution is -2.19. The van der Waals surface area contributed by atoms with E-state index in [1.807, 2.05) is 36.4 Å². The molecule has 0 aliphatic heterocycles. The Kier molecular flexibility index (Phi) is 3.15. The van der Waals surface area contributed by atoms with E-state index >= 15 is 0 Å². The summed E-state index contributed by atoms with van der Waals surface area (Å²) in [4.78, 5) is 15.3. The summed E-state index contributed by atoms with van der Waals surface area (Å²) in [6.07, 6.45) is 8.13. The standard InChI is InChI=1S/C13H13NO2/c1-10(15)16-13-8-3-2-6-11(13)12-7-4-5-9-14-12/h2-7,9,13H,8H2,1H3. The molecule has 0 bridgehead atoms. The number of carbonyl (C=O) groups excluding carboxylic acids is 1. The minimum absolute atomic E-state index is 0.211. The molecule has 1 aromatic rings. The van der Waals surface area contributed by atoms with Crippen LogP contribution < -0.4 is 0 Å². The molecule has 2 rings (SSSR count). The van der Waals surface area contributed by atoms with Crippen molar-refractivity contribution in [2.75, 3.05) is 0 Å². The minimum atomic E-state index is -0.262. The van der Waals surface area contributed by atoms with Crippen LogP contribution in [0.2, 0.25) is 0 Å². The lowest BCUT2D eigenvalue weighted by molar-refractivity contribution is -0.143. The van der Waals surface area contributed by atoms with Crippen molar-refractivity contribution in [3.8, 4) is 0 Å². The minimum Gasteiger partial charge on any atom is -0.457 e. The van der Waals surface area contributed by atoms with Crippen LogP contribution >= 0.6 is 0 Å². The van der Waals surface area contributed by atoms with E-state index < -0.39 is 0 Å². The van der Waals surface area contributed by atoms with Gasteiger partial charge in [-0.15, -0.1) is 0 Å². The largest absolute Gasteiger partial charge is 0.457 e. The number of esters is 1. The molecule has 1 aliphatic carbocycles. The number of rotatable bonds is 2. The van der Waals surface area contributed by atoms with Crippen molar-refractivity contribution in [1.82, 2.24) is 4.98 Å². The van der Waals surface area contributed by atoms with Crippen LogP contribution in [-0.2, 0) is 9.53 Å². The Labute approximate surface area is 94.5 Å². The highest BCUT2D eigenvalue weighted by Crippen LogP contribution is 2.25. The zero-order valence-electron chi connectivity index (χ0n) is 9.09. The number of aromatic nitrogens is 1. The van der Waals surface area contributed by atoms with Gasteiger partial charge < -0.3 is 4.74 Å². The molecule has 82 valence electrons. The maximum Gasteiger partial charge on any atom is 0.303 e. The molecular formula is C13H13NO2. The third-order valence-electron chi connectivity index (χ3n) is 2.38. The highest BCUT2D eigenvalue weighted by atomic mass is 16.5. The van der Waals surface area contributed by atoms with E-state index in [-0.39, 0.29) is 12.1 Å². The first-order chi connectivity index (χ1) is 7.77. The predicted molar refractivity (Wildman–Crippen MR) is 61.5 cm³/mol. The number of nitrogens with zero attached hydrogens (tertiary/aromatic N) is 1. The molecule has 0 fully saturated rings. The fourth-order valence-corrected chi connectivity index (χ4v) is 1.70. The Bertz CT molecular complexity index is 435. The zero-order chi connectivity index (χ0) is 11.4. The van der Waals surface area contributed by atoms with Crippen LogP contribution in [0.3, 0.4) is 0 Å². The van der Waals surface area contributed by atoms with Crippen LogP contribution in [0.5, 0.6) is 0 Å². The highest BCUT2D eigenvalue weighted by Gasteiger charge is 2.20. The van der Waals surface area contributed by atoms with Crippen LogP contribution in [0.25, 0.3) is 5.57 Å². The molecule has 0 spiro atoms. The Morgan fingerprint density at radius 1 is 1.50 bits per heavy atom. The van der Waals surface area contributed by atoms with Gasteiger partial charge in [-0.25, -0.2) is 0 Å². The summed E-state index contributed by atoms with van der Waals surface area (Å²) in [6, 6.07) is 5.71. The van der Waals surface area contributed by atoms with Crippen LogP contribution in [0.15, 0.2) is 42.6 Å². The summed E-state index contributed by atoms with van der Waals surface area (Å²) in [5, 5.41) is 0. The number of allylic oxidation sites excluding steroid dienone is 2. The molecule has 0 amide bonds. The van der Waals surface area contributed by atoms with Gasteiger partial charge in [0.2, 0.25) is 0 Å². The van der Waals surface area contributed by atoms with Crippen molar-refractivity contribution in [1.29, 1.82) is 0 Å². The Hall–Kier alpha value is -1.90. The second-order valence-electron chi connectivity index (χ2n) is 3.60. The van der Waals surface area contributed by atoms with Crippen LogP contribution in [0, 0.1) is 0 Å². The number of ether oxygens (including phenoxy) is 1. The van der Waals surface area contributed by atoms with Gasteiger partial charge >= 0.3 is 5.97 Å². The zero-order valence-corrected chi connectivity index (χ0v) is 9.09. The van der Waals surface area contributed by atoms with Crippen molar-refractivity contribution < 1.29 is 9.53 Å². The van der Waals surface area contributed by atoms with Crippen molar-refractivity contribution in [2.24, 2.45) is 0 Å². The molecule has 1 unspecified atom stereocenters. The second-order valence-corrected chi connectivity index (χ2v) is 3.60. The van der Waals surface area contributed by atoms with E-state index in [4.69, 9.17) is 4.74 Å². The van der Waals surface area contributed by atoms with Crippen molar-refractivity contribution in [2.45, 2.75) is 19.4 Å². The summed E-state index contributed by atoms with van der Waals surface area (Å²) in [6.45, 7) is 1.42. The molecule has 3 nitrogen and oxygen atoms in total. The number of hydrogen-bond acceptors (Lipinski definition) is 3. The van der Waals surface area contributed by atoms with Crippen LogP contribution in [-0.4, -0.2) is 17.1 Å². The third kappa shape index (κ3) is 2.37. The summed E-state index contributed by atoms with van der Waals surface area (Å²) >= 11 is 0. The maximum absolute atomic E-state index is 11.0. The topological polar surface area (TPSA) is 39.2 Å². The van der Waals surface area contributed by atoms with Gasteiger partial charge in [0.05, 0.1) is 5.69 Å². The van der Waals surface area contributed by atoms with Crippen molar-refractivity contribution in [3.63, 3.8) is 0 Å². The second kappa shape index (κ2) is 4.75. The Balaban J connectivity index is 2.26. The molecule has 0 radical (unpaired) electrons. The summed E-state index contributed by atoms with van der Waals surface area (Å²) in [5.41, 5.74) is 1.82. The summed E-state index contributed by atoms with van der Waals surface area (Å²) in [7, 11) is 0. The van der Waals surface area contributed by atoms with E-state index in [0.29, 0.717) is 6.42 Å². The van der Waals surface area contributed by atoms with Gasteiger partial charge in [-0.05, 0) is 12.1 Å². The smallest absolute Gasteiger partial charge is 0.303 e. The first-order valence-corrected chi connectivity index (χ1v) is 5.22. The third-order valence-corrected chi connectivity index (χ3v) is 2.38. The molecule has 0 saturated carbocycles.